The lowest BCUT2D eigenvalue weighted by atomic mass is 11.3. The predicted octanol–water partition coefficient (Wildman–Crippen LogP) is 3.07. The highest BCUT2D eigenvalue weighted by molar-refractivity contribution is 8.64. The topological polar surface area (TPSA) is 0 Å². The van der Waals surface area contributed by atoms with E-state index in [1.165, 1.54) is 10.2 Å². The zero-order valence-corrected chi connectivity index (χ0v) is 8.43. The van der Waals surface area contributed by atoms with E-state index in [0.29, 0.717) is 0 Å². The molecule has 1 aliphatic heterocycles. The van der Waals surface area contributed by atoms with Crippen molar-refractivity contribution in [2.45, 2.75) is 0 Å². The second-order valence-corrected chi connectivity index (χ2v) is 11.2. The molecule has 0 saturated carbocycles. The molecular formula is C8H16S2. The maximum atomic E-state index is 3.87. The van der Waals surface area contributed by atoms with Crippen molar-refractivity contribution in [3.05, 3.63) is 24.0 Å². The quantitative estimate of drug-likeness (QED) is 0.606. The summed E-state index contributed by atoms with van der Waals surface area (Å²) >= 11 is 0. The molecule has 0 aliphatic carbocycles. The van der Waals surface area contributed by atoms with Crippen molar-refractivity contribution in [1.82, 2.24) is 0 Å². The highest BCUT2D eigenvalue weighted by Gasteiger charge is 2.37. The SMILES string of the molecule is C=CS1(C)CS(C)(C=C)C1. The van der Waals surface area contributed by atoms with E-state index in [1.807, 2.05) is 0 Å². The highest BCUT2D eigenvalue weighted by atomic mass is 32.4. The number of hydrogen-bond acceptors (Lipinski definition) is 0. The first kappa shape index (κ1) is 8.28. The Morgan fingerprint density at radius 3 is 1.50 bits per heavy atom. The summed E-state index contributed by atoms with van der Waals surface area (Å²) in [6.07, 6.45) is 4.72. The van der Waals surface area contributed by atoms with E-state index in [4.69, 9.17) is 0 Å². The number of hydrogen-bond donors (Lipinski definition) is 0. The molecule has 1 saturated heterocycles. The van der Waals surface area contributed by atoms with E-state index in [1.54, 1.807) is 0 Å². The fraction of sp³-hybridized carbons (Fsp3) is 0.500. The minimum absolute atomic E-state index is 0.367. The molecule has 0 N–H and O–H groups in total. The summed E-state index contributed by atoms with van der Waals surface area (Å²) in [6, 6.07) is 0. The summed E-state index contributed by atoms with van der Waals surface area (Å²) in [5.41, 5.74) is 0. The van der Waals surface area contributed by atoms with Crippen LogP contribution in [0, 0.1) is 0 Å². The second-order valence-electron chi connectivity index (χ2n) is 3.27. The van der Waals surface area contributed by atoms with Gasteiger partial charge >= 0.3 is 0 Å². The Labute approximate surface area is 67.0 Å². The van der Waals surface area contributed by atoms with Crippen LogP contribution in [-0.4, -0.2) is 22.7 Å². The van der Waals surface area contributed by atoms with E-state index < -0.39 is 0 Å². The normalized spacial score (nSPS) is 58.6. The molecule has 0 aromatic carbocycles. The van der Waals surface area contributed by atoms with Crippen LogP contribution in [0.3, 0.4) is 0 Å². The van der Waals surface area contributed by atoms with Gasteiger partial charge in [-0.25, -0.2) is 20.1 Å². The van der Waals surface area contributed by atoms with E-state index in [2.05, 4.69) is 36.5 Å². The second kappa shape index (κ2) is 2.35. The van der Waals surface area contributed by atoms with Crippen LogP contribution in [0.2, 0.25) is 0 Å². The molecule has 0 bridgehead atoms. The van der Waals surface area contributed by atoms with Gasteiger partial charge in [-0.3, -0.25) is 0 Å². The van der Waals surface area contributed by atoms with Gasteiger partial charge in [0, 0.05) is 10.2 Å². The smallest absolute Gasteiger partial charge is 0.0152 e. The Morgan fingerprint density at radius 2 is 1.30 bits per heavy atom. The number of rotatable bonds is 2. The summed E-state index contributed by atoms with van der Waals surface area (Å²) in [4.78, 5) is 0. The van der Waals surface area contributed by atoms with E-state index in [-0.39, 0.29) is 20.1 Å². The molecular weight excluding hydrogens is 160 g/mol. The fourth-order valence-corrected chi connectivity index (χ4v) is 12.5. The van der Waals surface area contributed by atoms with Crippen LogP contribution in [-0.2, 0) is 0 Å². The van der Waals surface area contributed by atoms with Gasteiger partial charge in [-0.05, 0) is 12.5 Å². The van der Waals surface area contributed by atoms with Gasteiger partial charge in [-0.2, -0.15) is 0 Å². The lowest BCUT2D eigenvalue weighted by molar-refractivity contribution is 1.78. The molecule has 0 aromatic rings. The molecule has 1 rings (SSSR count). The van der Waals surface area contributed by atoms with Crippen molar-refractivity contribution in [2.24, 2.45) is 0 Å². The molecule has 0 atom stereocenters. The molecule has 0 nitrogen and oxygen atoms in total. The summed E-state index contributed by atoms with van der Waals surface area (Å²) in [6.45, 7) is 7.74. The van der Waals surface area contributed by atoms with Crippen molar-refractivity contribution in [1.29, 1.82) is 0 Å². The van der Waals surface area contributed by atoms with Crippen molar-refractivity contribution < 1.29 is 0 Å². The van der Waals surface area contributed by atoms with E-state index >= 15 is 0 Å². The van der Waals surface area contributed by atoms with Crippen LogP contribution in [0.1, 0.15) is 0 Å². The lowest BCUT2D eigenvalue weighted by Crippen LogP contribution is -2.25. The summed E-state index contributed by atoms with van der Waals surface area (Å²) in [5, 5.41) is 7.11. The minimum atomic E-state index is -0.367. The van der Waals surface area contributed by atoms with Crippen molar-refractivity contribution in [3.63, 3.8) is 0 Å². The van der Waals surface area contributed by atoms with Gasteiger partial charge in [0.05, 0.1) is 0 Å². The van der Waals surface area contributed by atoms with Crippen LogP contribution in [0.15, 0.2) is 24.0 Å². The van der Waals surface area contributed by atoms with Crippen molar-refractivity contribution in [2.75, 3.05) is 22.7 Å². The van der Waals surface area contributed by atoms with Crippen LogP contribution in [0.4, 0.5) is 0 Å². The molecule has 60 valence electrons. The minimum Gasteiger partial charge on any atom is -0.208 e. The molecule has 1 fully saturated rings. The Hall–Kier alpha value is 0.180. The first-order chi connectivity index (χ1) is 4.54. The summed E-state index contributed by atoms with van der Waals surface area (Å²) < 4.78 is 0. The largest absolute Gasteiger partial charge is 0.208 e. The van der Waals surface area contributed by atoms with E-state index in [9.17, 15) is 0 Å². The predicted molar refractivity (Wildman–Crippen MR) is 57.2 cm³/mol. The molecule has 1 aliphatic rings. The lowest BCUT2D eigenvalue weighted by Gasteiger charge is -2.57. The average molecular weight is 176 g/mol. The van der Waals surface area contributed by atoms with Gasteiger partial charge in [0.1, 0.15) is 0 Å². The van der Waals surface area contributed by atoms with Gasteiger partial charge in [0.15, 0.2) is 0 Å². The Bertz CT molecular complexity index is 148. The zero-order chi connectivity index (χ0) is 7.83. The third-order valence-corrected chi connectivity index (χ3v) is 12.1. The van der Waals surface area contributed by atoms with Crippen LogP contribution >= 0.6 is 20.1 Å². The van der Waals surface area contributed by atoms with Crippen molar-refractivity contribution >= 4 is 20.1 Å². The zero-order valence-electron chi connectivity index (χ0n) is 6.80. The average Bonchev–Trinajstić information content (AvgIpc) is 1.85. The Kier molecular flexibility index (Phi) is 1.94. The van der Waals surface area contributed by atoms with Gasteiger partial charge < -0.3 is 0 Å². The third kappa shape index (κ3) is 1.28. The standard InChI is InChI=1S/C8H16S2/c1-5-9(3)7-10(4,6-2)8-9/h5-6H,1-2,7-8H2,3-4H3. The van der Waals surface area contributed by atoms with Crippen LogP contribution < -0.4 is 0 Å². The third-order valence-electron chi connectivity index (χ3n) is 1.88. The molecule has 0 unspecified atom stereocenters. The Balaban J connectivity index is 2.57. The summed E-state index contributed by atoms with van der Waals surface area (Å²) in [7, 11) is -0.734. The van der Waals surface area contributed by atoms with Crippen LogP contribution in [0.25, 0.3) is 0 Å². The van der Waals surface area contributed by atoms with Gasteiger partial charge in [-0.15, -0.1) is 0 Å². The van der Waals surface area contributed by atoms with Gasteiger partial charge in [-0.1, -0.05) is 24.0 Å². The van der Waals surface area contributed by atoms with Crippen molar-refractivity contribution in [3.8, 4) is 0 Å². The first-order valence-corrected chi connectivity index (χ1v) is 8.14. The molecule has 2 heteroatoms. The van der Waals surface area contributed by atoms with Crippen LogP contribution in [0.5, 0.6) is 0 Å². The monoisotopic (exact) mass is 176 g/mol. The first-order valence-electron chi connectivity index (χ1n) is 3.26. The molecule has 0 amide bonds. The highest BCUT2D eigenvalue weighted by Crippen LogP contribution is 2.76. The Morgan fingerprint density at radius 1 is 1.00 bits per heavy atom. The molecule has 0 aromatic heterocycles. The summed E-state index contributed by atoms with van der Waals surface area (Å²) in [5.74, 6) is 0. The molecule has 0 spiro atoms. The van der Waals surface area contributed by atoms with Gasteiger partial charge in [0.2, 0.25) is 0 Å². The van der Waals surface area contributed by atoms with E-state index in [0.717, 1.165) is 0 Å². The maximum Gasteiger partial charge on any atom is 0.0152 e. The molecule has 1 heterocycles. The maximum absolute atomic E-state index is 3.87. The molecule has 0 radical (unpaired) electrons. The molecule has 10 heavy (non-hydrogen) atoms. The van der Waals surface area contributed by atoms with Gasteiger partial charge in [0.25, 0.3) is 0 Å². The fourth-order valence-electron chi connectivity index (χ4n) is 1.39.